The van der Waals surface area contributed by atoms with Gasteiger partial charge in [0.1, 0.15) is 5.75 Å². The van der Waals surface area contributed by atoms with Gasteiger partial charge in [0.15, 0.2) is 0 Å². The van der Waals surface area contributed by atoms with Crippen molar-refractivity contribution in [1.82, 2.24) is 4.57 Å². The standard InChI is InChI=1S/C11H9Br2NO2/c1-14-8-3-4-9(16-2)10(13)6(8)5-7(12)11(14)15/h3-5H,1-2H3. The third kappa shape index (κ3) is 1.68. The van der Waals surface area contributed by atoms with E-state index in [9.17, 15) is 4.79 Å². The molecule has 1 aromatic heterocycles. The van der Waals surface area contributed by atoms with Crippen LogP contribution < -0.4 is 10.3 Å². The van der Waals surface area contributed by atoms with Gasteiger partial charge in [-0.1, -0.05) is 0 Å². The number of benzene rings is 1. The number of fused-ring (bicyclic) bond motifs is 1. The average molecular weight is 347 g/mol. The summed E-state index contributed by atoms with van der Waals surface area (Å²) in [7, 11) is 3.36. The Kier molecular flexibility index (Phi) is 3.08. The summed E-state index contributed by atoms with van der Waals surface area (Å²) < 4.78 is 8.20. The van der Waals surface area contributed by atoms with E-state index in [0.29, 0.717) is 4.47 Å². The molecule has 0 bridgehead atoms. The number of ether oxygens (including phenoxy) is 1. The summed E-state index contributed by atoms with van der Waals surface area (Å²) in [6.45, 7) is 0. The molecule has 0 aliphatic heterocycles. The van der Waals surface area contributed by atoms with Crippen molar-refractivity contribution in [3.05, 3.63) is 37.5 Å². The maximum atomic E-state index is 11.7. The molecule has 0 radical (unpaired) electrons. The van der Waals surface area contributed by atoms with Gasteiger partial charge < -0.3 is 9.30 Å². The summed E-state index contributed by atoms with van der Waals surface area (Å²) in [6.07, 6.45) is 0. The van der Waals surface area contributed by atoms with Crippen LogP contribution in [0.5, 0.6) is 5.75 Å². The molecule has 2 rings (SSSR count). The van der Waals surface area contributed by atoms with Gasteiger partial charge in [0.25, 0.3) is 5.56 Å². The van der Waals surface area contributed by atoms with Crippen LogP contribution in [0.4, 0.5) is 0 Å². The monoisotopic (exact) mass is 345 g/mol. The maximum Gasteiger partial charge on any atom is 0.265 e. The first-order chi connectivity index (χ1) is 7.56. The molecule has 0 aliphatic rings. The first-order valence-corrected chi connectivity index (χ1v) is 6.16. The fraction of sp³-hybridized carbons (Fsp3) is 0.182. The van der Waals surface area contributed by atoms with Crippen molar-refractivity contribution in [1.29, 1.82) is 0 Å². The topological polar surface area (TPSA) is 31.2 Å². The smallest absolute Gasteiger partial charge is 0.265 e. The van der Waals surface area contributed by atoms with Gasteiger partial charge in [0.05, 0.1) is 21.6 Å². The lowest BCUT2D eigenvalue weighted by molar-refractivity contribution is 0.413. The Morgan fingerprint density at radius 3 is 2.62 bits per heavy atom. The van der Waals surface area contributed by atoms with E-state index in [4.69, 9.17) is 4.74 Å². The van der Waals surface area contributed by atoms with Crippen LogP contribution in [0, 0.1) is 0 Å². The number of methoxy groups -OCH3 is 1. The van der Waals surface area contributed by atoms with Crippen molar-refractivity contribution in [2.45, 2.75) is 0 Å². The third-order valence-corrected chi connectivity index (χ3v) is 3.87. The summed E-state index contributed by atoms with van der Waals surface area (Å²) in [5.74, 6) is 0.748. The molecule has 0 unspecified atom stereocenters. The van der Waals surface area contributed by atoms with Crippen LogP contribution in [0.25, 0.3) is 10.9 Å². The highest BCUT2D eigenvalue weighted by molar-refractivity contribution is 9.11. The predicted molar refractivity (Wildman–Crippen MR) is 71.1 cm³/mol. The molecule has 5 heteroatoms. The van der Waals surface area contributed by atoms with Crippen molar-refractivity contribution < 1.29 is 4.74 Å². The predicted octanol–water partition coefficient (Wildman–Crippen LogP) is 3.07. The van der Waals surface area contributed by atoms with Crippen molar-refractivity contribution in [2.75, 3.05) is 7.11 Å². The van der Waals surface area contributed by atoms with E-state index in [1.165, 1.54) is 0 Å². The Morgan fingerprint density at radius 2 is 2.00 bits per heavy atom. The quantitative estimate of drug-likeness (QED) is 0.794. The van der Waals surface area contributed by atoms with Crippen LogP contribution in [-0.4, -0.2) is 11.7 Å². The average Bonchev–Trinajstić information content (AvgIpc) is 2.28. The van der Waals surface area contributed by atoms with Gasteiger partial charge in [-0.3, -0.25) is 4.79 Å². The van der Waals surface area contributed by atoms with Gasteiger partial charge in [-0.05, 0) is 50.1 Å². The minimum Gasteiger partial charge on any atom is -0.496 e. The van der Waals surface area contributed by atoms with E-state index in [1.807, 2.05) is 12.1 Å². The lowest BCUT2D eigenvalue weighted by Gasteiger charge is -2.10. The Hall–Kier alpha value is -0.810. The molecule has 84 valence electrons. The second-order valence-corrected chi connectivity index (χ2v) is 5.02. The maximum absolute atomic E-state index is 11.7. The Labute approximate surface area is 109 Å². The van der Waals surface area contributed by atoms with E-state index in [0.717, 1.165) is 21.1 Å². The molecule has 1 aromatic carbocycles. The molecule has 0 saturated carbocycles. The first-order valence-electron chi connectivity index (χ1n) is 4.58. The molecule has 0 aliphatic carbocycles. The normalized spacial score (nSPS) is 10.8. The highest BCUT2D eigenvalue weighted by Crippen LogP contribution is 2.33. The summed E-state index contributed by atoms with van der Waals surface area (Å²) in [4.78, 5) is 11.7. The Bertz CT molecular complexity index is 619. The minimum atomic E-state index is -0.0513. The number of halogens is 2. The zero-order valence-electron chi connectivity index (χ0n) is 8.75. The first kappa shape index (κ1) is 11.7. The van der Waals surface area contributed by atoms with Gasteiger partial charge in [-0.2, -0.15) is 0 Å². The molecule has 16 heavy (non-hydrogen) atoms. The molecule has 0 spiro atoms. The van der Waals surface area contributed by atoms with Crippen molar-refractivity contribution in [2.24, 2.45) is 7.05 Å². The highest BCUT2D eigenvalue weighted by Gasteiger charge is 2.10. The highest BCUT2D eigenvalue weighted by atomic mass is 79.9. The summed E-state index contributed by atoms with van der Waals surface area (Å²) >= 11 is 6.73. The van der Waals surface area contributed by atoms with Crippen molar-refractivity contribution >= 4 is 42.8 Å². The van der Waals surface area contributed by atoms with E-state index in [1.54, 1.807) is 24.8 Å². The molecular formula is C11H9Br2NO2. The molecule has 0 saturated heterocycles. The van der Waals surface area contributed by atoms with Crippen LogP contribution in [0.1, 0.15) is 0 Å². The fourth-order valence-corrected chi connectivity index (χ4v) is 2.71. The minimum absolute atomic E-state index is 0.0513. The van der Waals surface area contributed by atoms with Gasteiger partial charge in [-0.15, -0.1) is 0 Å². The van der Waals surface area contributed by atoms with Gasteiger partial charge >= 0.3 is 0 Å². The van der Waals surface area contributed by atoms with E-state index in [2.05, 4.69) is 31.9 Å². The second-order valence-electron chi connectivity index (χ2n) is 3.37. The number of pyridine rings is 1. The van der Waals surface area contributed by atoms with E-state index < -0.39 is 0 Å². The van der Waals surface area contributed by atoms with Gasteiger partial charge in [0, 0.05) is 12.4 Å². The molecule has 3 nitrogen and oxygen atoms in total. The van der Waals surface area contributed by atoms with Crippen LogP contribution in [0.2, 0.25) is 0 Å². The Morgan fingerprint density at radius 1 is 1.31 bits per heavy atom. The number of hydrogen-bond acceptors (Lipinski definition) is 2. The number of hydrogen-bond donors (Lipinski definition) is 0. The van der Waals surface area contributed by atoms with Crippen LogP contribution in [-0.2, 0) is 7.05 Å². The number of rotatable bonds is 1. The van der Waals surface area contributed by atoms with Crippen molar-refractivity contribution in [3.8, 4) is 5.75 Å². The SMILES string of the molecule is COc1ccc2c(cc(Br)c(=O)n2C)c1Br. The van der Waals surface area contributed by atoms with E-state index >= 15 is 0 Å². The largest absolute Gasteiger partial charge is 0.496 e. The third-order valence-electron chi connectivity index (χ3n) is 2.48. The molecule has 0 N–H and O–H groups in total. The lowest BCUT2D eigenvalue weighted by atomic mass is 10.2. The molecular weight excluding hydrogens is 338 g/mol. The molecule has 0 atom stereocenters. The summed E-state index contributed by atoms with van der Waals surface area (Å²) in [6, 6.07) is 5.50. The zero-order chi connectivity index (χ0) is 11.9. The summed E-state index contributed by atoms with van der Waals surface area (Å²) in [5, 5.41) is 0.938. The second kappa shape index (κ2) is 4.22. The fourth-order valence-electron chi connectivity index (χ4n) is 1.61. The van der Waals surface area contributed by atoms with Crippen molar-refractivity contribution in [3.63, 3.8) is 0 Å². The lowest BCUT2D eigenvalue weighted by Crippen LogP contribution is -2.17. The molecule has 0 fully saturated rings. The van der Waals surface area contributed by atoms with E-state index in [-0.39, 0.29) is 5.56 Å². The molecule has 0 amide bonds. The molecule has 1 heterocycles. The Balaban J connectivity index is 2.96. The number of nitrogens with zero attached hydrogens (tertiary/aromatic N) is 1. The van der Waals surface area contributed by atoms with Crippen LogP contribution >= 0.6 is 31.9 Å². The molecule has 2 aromatic rings. The zero-order valence-corrected chi connectivity index (χ0v) is 11.9. The number of aromatic nitrogens is 1. The summed E-state index contributed by atoms with van der Waals surface area (Å²) in [5.41, 5.74) is 0.811. The van der Waals surface area contributed by atoms with Gasteiger partial charge in [0.2, 0.25) is 0 Å². The van der Waals surface area contributed by atoms with Gasteiger partial charge in [-0.25, -0.2) is 0 Å². The van der Waals surface area contributed by atoms with Crippen LogP contribution in [0.3, 0.4) is 0 Å². The number of aryl methyl sites for hydroxylation is 1. The van der Waals surface area contributed by atoms with Crippen LogP contribution in [0.15, 0.2) is 31.9 Å².